The normalized spacial score (nSPS) is 12.6. The minimum atomic E-state index is -3.42. The molecule has 0 unspecified atom stereocenters. The first-order valence-corrected chi connectivity index (χ1v) is 9.22. The molecule has 0 spiro atoms. The quantitative estimate of drug-likeness (QED) is 0.841. The molecule has 0 saturated heterocycles. The Morgan fingerprint density at radius 3 is 2.26 bits per heavy atom. The van der Waals surface area contributed by atoms with Gasteiger partial charge in [-0.1, -0.05) is 32.0 Å². The summed E-state index contributed by atoms with van der Waals surface area (Å²) in [4.78, 5) is 0.372. The van der Waals surface area contributed by atoms with E-state index in [0.29, 0.717) is 11.4 Å². The summed E-state index contributed by atoms with van der Waals surface area (Å²) in [5.41, 5.74) is 0.776. The Balaban J connectivity index is 2.90. The van der Waals surface area contributed by atoms with Crippen molar-refractivity contribution in [3.05, 3.63) is 29.8 Å². The Morgan fingerprint density at radius 1 is 1.21 bits per heavy atom. The summed E-state index contributed by atoms with van der Waals surface area (Å²) < 4.78 is 27.4. The van der Waals surface area contributed by atoms with E-state index in [0.717, 1.165) is 18.4 Å². The van der Waals surface area contributed by atoms with Crippen LogP contribution in [0.25, 0.3) is 0 Å². The van der Waals surface area contributed by atoms with Crippen LogP contribution in [-0.2, 0) is 10.0 Å². The fraction of sp³-hybridized carbons (Fsp3) is 0.571. The molecule has 0 atom stereocenters. The first-order valence-electron chi connectivity index (χ1n) is 6.51. The highest BCUT2D eigenvalue weighted by Crippen LogP contribution is 2.30. The molecule has 3 nitrogen and oxygen atoms in total. The Labute approximate surface area is 121 Å². The summed E-state index contributed by atoms with van der Waals surface area (Å²) >= 11 is 1.73. The van der Waals surface area contributed by atoms with Crippen molar-refractivity contribution in [1.82, 2.24) is 4.72 Å². The van der Waals surface area contributed by atoms with Crippen LogP contribution in [0.15, 0.2) is 29.2 Å². The lowest BCUT2D eigenvalue weighted by Gasteiger charge is -2.29. The molecule has 19 heavy (non-hydrogen) atoms. The molecule has 0 heterocycles. The third kappa shape index (κ3) is 3.97. The van der Waals surface area contributed by atoms with Crippen molar-refractivity contribution < 1.29 is 8.42 Å². The first-order chi connectivity index (χ1) is 8.90. The van der Waals surface area contributed by atoms with Crippen molar-refractivity contribution in [1.29, 1.82) is 0 Å². The predicted octanol–water partition coefficient (Wildman–Crippen LogP) is 3.20. The second-order valence-electron chi connectivity index (χ2n) is 4.68. The number of benzene rings is 1. The molecule has 0 aliphatic rings. The van der Waals surface area contributed by atoms with Crippen LogP contribution in [0, 0.1) is 6.92 Å². The Kier molecular flexibility index (Phi) is 5.89. The van der Waals surface area contributed by atoms with Gasteiger partial charge in [0.25, 0.3) is 0 Å². The van der Waals surface area contributed by atoms with Gasteiger partial charge in [-0.15, -0.1) is 0 Å². The topological polar surface area (TPSA) is 46.2 Å². The molecule has 1 N–H and O–H groups in total. The molecule has 0 amide bonds. The highest BCUT2D eigenvalue weighted by molar-refractivity contribution is 8.00. The molecule has 1 aromatic rings. The molecule has 0 aromatic heterocycles. The zero-order valence-electron chi connectivity index (χ0n) is 12.1. The zero-order chi connectivity index (χ0) is 14.5. The lowest BCUT2D eigenvalue weighted by Crippen LogP contribution is -2.39. The highest BCUT2D eigenvalue weighted by atomic mass is 32.2. The molecule has 0 radical (unpaired) electrons. The van der Waals surface area contributed by atoms with E-state index in [1.807, 2.05) is 25.3 Å². The smallest absolute Gasteiger partial charge is 0.210 e. The summed E-state index contributed by atoms with van der Waals surface area (Å²) in [5.74, 6) is 0. The van der Waals surface area contributed by atoms with Gasteiger partial charge in [0.15, 0.2) is 0 Å². The van der Waals surface area contributed by atoms with Gasteiger partial charge in [-0.05, 0) is 37.7 Å². The van der Waals surface area contributed by atoms with Gasteiger partial charge < -0.3 is 0 Å². The van der Waals surface area contributed by atoms with Crippen LogP contribution in [-0.4, -0.2) is 26.0 Å². The number of rotatable bonds is 7. The molecular weight excluding hydrogens is 278 g/mol. The molecule has 5 heteroatoms. The SMILES string of the molecule is CCC(CC)(CNS(=O)(=O)c1ccccc1C)SC. The number of hydrogen-bond donors (Lipinski definition) is 1. The fourth-order valence-electron chi connectivity index (χ4n) is 2.02. The number of thioether (sulfide) groups is 1. The van der Waals surface area contributed by atoms with E-state index in [9.17, 15) is 8.42 Å². The summed E-state index contributed by atoms with van der Waals surface area (Å²) in [6, 6.07) is 7.06. The van der Waals surface area contributed by atoms with Gasteiger partial charge in [-0.2, -0.15) is 11.8 Å². The lowest BCUT2D eigenvalue weighted by atomic mass is 10.0. The van der Waals surface area contributed by atoms with Crippen molar-refractivity contribution in [3.8, 4) is 0 Å². The summed E-state index contributed by atoms with van der Waals surface area (Å²) in [7, 11) is -3.42. The molecule has 1 aromatic carbocycles. The van der Waals surface area contributed by atoms with Gasteiger partial charge in [0.2, 0.25) is 10.0 Å². The molecule has 0 saturated carbocycles. The van der Waals surface area contributed by atoms with Gasteiger partial charge >= 0.3 is 0 Å². The Morgan fingerprint density at radius 2 is 1.79 bits per heavy atom. The maximum Gasteiger partial charge on any atom is 0.240 e. The van der Waals surface area contributed by atoms with E-state index in [-0.39, 0.29) is 4.75 Å². The summed E-state index contributed by atoms with van der Waals surface area (Å²) in [5, 5.41) is 0. The van der Waals surface area contributed by atoms with Gasteiger partial charge in [-0.25, -0.2) is 13.1 Å². The molecular formula is C14H23NO2S2. The highest BCUT2D eigenvalue weighted by Gasteiger charge is 2.27. The van der Waals surface area contributed by atoms with Crippen LogP contribution in [0.4, 0.5) is 0 Å². The molecule has 108 valence electrons. The van der Waals surface area contributed by atoms with E-state index in [1.54, 1.807) is 23.9 Å². The van der Waals surface area contributed by atoms with Crippen molar-refractivity contribution in [2.24, 2.45) is 0 Å². The minimum Gasteiger partial charge on any atom is -0.210 e. The van der Waals surface area contributed by atoms with E-state index in [2.05, 4.69) is 18.6 Å². The molecule has 0 aliphatic heterocycles. The molecule has 0 fully saturated rings. The Bertz CT molecular complexity index is 500. The second-order valence-corrected chi connectivity index (χ2v) is 7.69. The monoisotopic (exact) mass is 301 g/mol. The third-order valence-electron chi connectivity index (χ3n) is 3.69. The Hall–Kier alpha value is -0.520. The maximum atomic E-state index is 12.3. The van der Waals surface area contributed by atoms with Gasteiger partial charge in [0, 0.05) is 11.3 Å². The van der Waals surface area contributed by atoms with Crippen LogP contribution < -0.4 is 4.72 Å². The average molecular weight is 301 g/mol. The predicted molar refractivity (Wildman–Crippen MR) is 83.2 cm³/mol. The van der Waals surface area contributed by atoms with Crippen molar-refractivity contribution >= 4 is 21.8 Å². The molecule has 0 bridgehead atoms. The fourth-order valence-corrected chi connectivity index (χ4v) is 4.28. The van der Waals surface area contributed by atoms with Crippen molar-refractivity contribution in [3.63, 3.8) is 0 Å². The van der Waals surface area contributed by atoms with Crippen LogP contribution in [0.5, 0.6) is 0 Å². The van der Waals surface area contributed by atoms with Gasteiger partial charge in [0.1, 0.15) is 0 Å². The van der Waals surface area contributed by atoms with Crippen LogP contribution in [0.2, 0.25) is 0 Å². The minimum absolute atomic E-state index is 0.0181. The average Bonchev–Trinajstić information content (AvgIpc) is 2.41. The lowest BCUT2D eigenvalue weighted by molar-refractivity contribution is 0.522. The number of hydrogen-bond acceptors (Lipinski definition) is 3. The van der Waals surface area contributed by atoms with Gasteiger partial charge in [0.05, 0.1) is 4.90 Å². The number of aryl methyl sites for hydroxylation is 1. The molecule has 0 aliphatic carbocycles. The van der Waals surface area contributed by atoms with Gasteiger partial charge in [-0.3, -0.25) is 0 Å². The van der Waals surface area contributed by atoms with Crippen LogP contribution >= 0.6 is 11.8 Å². The van der Waals surface area contributed by atoms with Crippen molar-refractivity contribution in [2.75, 3.05) is 12.8 Å². The third-order valence-corrected chi connectivity index (χ3v) is 6.84. The maximum absolute atomic E-state index is 12.3. The largest absolute Gasteiger partial charge is 0.240 e. The van der Waals surface area contributed by atoms with E-state index >= 15 is 0 Å². The molecule has 1 rings (SSSR count). The van der Waals surface area contributed by atoms with Crippen molar-refractivity contribution in [2.45, 2.75) is 43.3 Å². The standard InChI is InChI=1S/C14H23NO2S2/c1-5-14(6-2,18-4)11-15-19(16,17)13-10-8-7-9-12(13)3/h7-10,15H,5-6,11H2,1-4H3. The van der Waals surface area contributed by atoms with Crippen LogP contribution in [0.3, 0.4) is 0 Å². The number of sulfonamides is 1. The van der Waals surface area contributed by atoms with E-state index < -0.39 is 10.0 Å². The van der Waals surface area contributed by atoms with E-state index in [1.165, 1.54) is 0 Å². The summed E-state index contributed by atoms with van der Waals surface area (Å²) in [6.07, 6.45) is 3.93. The first kappa shape index (κ1) is 16.5. The second kappa shape index (κ2) is 6.77. The zero-order valence-corrected chi connectivity index (χ0v) is 13.7. The van der Waals surface area contributed by atoms with Crippen LogP contribution in [0.1, 0.15) is 32.3 Å². The summed E-state index contributed by atoms with van der Waals surface area (Å²) in [6.45, 7) is 6.48. The van der Waals surface area contributed by atoms with E-state index in [4.69, 9.17) is 0 Å². The number of nitrogens with one attached hydrogen (secondary N) is 1.